The van der Waals surface area contributed by atoms with Gasteiger partial charge in [0.15, 0.2) is 13.2 Å². The van der Waals surface area contributed by atoms with Crippen LogP contribution in [0.2, 0.25) is 5.02 Å². The van der Waals surface area contributed by atoms with Gasteiger partial charge in [-0.15, -0.1) is 0 Å². The molecule has 0 aliphatic heterocycles. The Kier molecular flexibility index (Phi) is 8.49. The van der Waals surface area contributed by atoms with E-state index in [0.717, 1.165) is 11.1 Å². The Balaban J connectivity index is 1.71. The summed E-state index contributed by atoms with van der Waals surface area (Å²) in [4.78, 5) is 35.2. The second-order valence-electron chi connectivity index (χ2n) is 6.29. The number of rotatable bonds is 8. The van der Waals surface area contributed by atoms with Gasteiger partial charge in [0.1, 0.15) is 11.5 Å². The van der Waals surface area contributed by atoms with Crippen molar-refractivity contribution in [3.63, 3.8) is 0 Å². The number of aryl methyl sites for hydroxylation is 2. The molecule has 0 saturated heterocycles. The zero-order chi connectivity index (χ0) is 22.1. The lowest BCUT2D eigenvalue weighted by Crippen LogP contribution is -2.45. The molecule has 2 N–H and O–H groups in total. The molecule has 0 aliphatic rings. The Labute approximate surface area is 179 Å². The zero-order valence-corrected chi connectivity index (χ0v) is 17.7. The van der Waals surface area contributed by atoms with Crippen LogP contribution < -0.4 is 20.3 Å². The van der Waals surface area contributed by atoms with Crippen molar-refractivity contribution in [1.82, 2.24) is 10.9 Å². The van der Waals surface area contributed by atoms with Crippen LogP contribution >= 0.6 is 11.6 Å². The largest absolute Gasteiger partial charge is 0.484 e. The van der Waals surface area contributed by atoms with Gasteiger partial charge in [-0.05, 0) is 68.3 Å². The lowest BCUT2D eigenvalue weighted by Gasteiger charge is -2.11. The third-order valence-corrected chi connectivity index (χ3v) is 4.45. The van der Waals surface area contributed by atoms with Crippen LogP contribution in [0.5, 0.6) is 11.5 Å². The van der Waals surface area contributed by atoms with Crippen LogP contribution in [0.15, 0.2) is 36.4 Å². The third-order valence-electron chi connectivity index (χ3n) is 3.86. The smallest absolute Gasteiger partial charge is 0.338 e. The average molecular weight is 435 g/mol. The first kappa shape index (κ1) is 23.0. The number of carbonyl (C=O) groups excluding carboxylic acids is 3. The van der Waals surface area contributed by atoms with Crippen molar-refractivity contribution in [3.8, 4) is 11.5 Å². The first-order valence-corrected chi connectivity index (χ1v) is 9.55. The molecule has 9 heteroatoms. The summed E-state index contributed by atoms with van der Waals surface area (Å²) >= 11 is 6.09. The van der Waals surface area contributed by atoms with Gasteiger partial charge in [0.25, 0.3) is 11.8 Å². The van der Waals surface area contributed by atoms with Gasteiger partial charge in [-0.3, -0.25) is 20.4 Å². The second-order valence-corrected chi connectivity index (χ2v) is 6.67. The predicted octanol–water partition coefficient (Wildman–Crippen LogP) is 2.74. The summed E-state index contributed by atoms with van der Waals surface area (Å²) in [6.45, 7) is 5.08. The molecule has 30 heavy (non-hydrogen) atoms. The molecule has 2 rings (SSSR count). The maximum Gasteiger partial charge on any atom is 0.338 e. The minimum absolute atomic E-state index is 0.281. The molecule has 0 aliphatic carbocycles. The first-order valence-electron chi connectivity index (χ1n) is 9.17. The van der Waals surface area contributed by atoms with Crippen LogP contribution in [0.3, 0.4) is 0 Å². The molecule has 2 amide bonds. The van der Waals surface area contributed by atoms with Gasteiger partial charge in [0, 0.05) is 5.02 Å². The van der Waals surface area contributed by atoms with E-state index in [-0.39, 0.29) is 19.8 Å². The average Bonchev–Trinajstić information content (AvgIpc) is 2.73. The summed E-state index contributed by atoms with van der Waals surface area (Å²) < 4.78 is 15.6. The quantitative estimate of drug-likeness (QED) is 0.489. The van der Waals surface area contributed by atoms with Crippen LogP contribution in [0.4, 0.5) is 0 Å². The monoisotopic (exact) mass is 434 g/mol. The molecule has 0 bridgehead atoms. The molecule has 8 nitrogen and oxygen atoms in total. The van der Waals surface area contributed by atoms with Crippen LogP contribution in [-0.4, -0.2) is 37.6 Å². The Bertz CT molecular complexity index is 891. The van der Waals surface area contributed by atoms with Crippen molar-refractivity contribution in [2.75, 3.05) is 19.8 Å². The Morgan fingerprint density at radius 1 is 0.867 bits per heavy atom. The maximum absolute atomic E-state index is 11.8. The fraction of sp³-hybridized carbons (Fsp3) is 0.286. The Morgan fingerprint density at radius 3 is 1.87 bits per heavy atom. The van der Waals surface area contributed by atoms with E-state index in [1.165, 1.54) is 12.1 Å². The topological polar surface area (TPSA) is 103 Å². The summed E-state index contributed by atoms with van der Waals surface area (Å²) in [6.07, 6.45) is 0. The van der Waals surface area contributed by atoms with Gasteiger partial charge in [-0.25, -0.2) is 4.79 Å². The van der Waals surface area contributed by atoms with Crippen molar-refractivity contribution in [1.29, 1.82) is 0 Å². The lowest BCUT2D eigenvalue weighted by atomic mass is 10.1. The summed E-state index contributed by atoms with van der Waals surface area (Å²) in [5.41, 5.74) is 6.53. The van der Waals surface area contributed by atoms with E-state index in [9.17, 15) is 14.4 Å². The molecule has 0 spiro atoms. The van der Waals surface area contributed by atoms with E-state index in [0.29, 0.717) is 22.1 Å². The summed E-state index contributed by atoms with van der Waals surface area (Å²) in [5, 5.41) is 0.648. The minimum atomic E-state index is -0.559. The molecule has 0 atom stereocenters. The summed E-state index contributed by atoms with van der Waals surface area (Å²) in [7, 11) is 0. The predicted molar refractivity (Wildman–Crippen MR) is 111 cm³/mol. The van der Waals surface area contributed by atoms with E-state index >= 15 is 0 Å². The van der Waals surface area contributed by atoms with Gasteiger partial charge in [0.2, 0.25) is 0 Å². The minimum Gasteiger partial charge on any atom is -0.484 e. The fourth-order valence-corrected chi connectivity index (χ4v) is 2.51. The van der Waals surface area contributed by atoms with Crippen molar-refractivity contribution in [2.24, 2.45) is 0 Å². The summed E-state index contributed by atoms with van der Waals surface area (Å²) in [5.74, 6) is -0.633. The number of hydrazine groups is 1. The molecule has 0 aromatic heterocycles. The number of ether oxygens (including phenoxy) is 3. The number of carbonyl (C=O) groups is 3. The molecular weight excluding hydrogens is 412 g/mol. The highest BCUT2D eigenvalue weighted by atomic mass is 35.5. The molecule has 0 heterocycles. The van der Waals surface area contributed by atoms with Crippen LogP contribution in [0.1, 0.15) is 28.4 Å². The van der Waals surface area contributed by atoms with E-state index in [2.05, 4.69) is 10.9 Å². The van der Waals surface area contributed by atoms with Gasteiger partial charge >= 0.3 is 5.97 Å². The molecule has 0 saturated carbocycles. The van der Waals surface area contributed by atoms with Gasteiger partial charge in [-0.1, -0.05) is 11.6 Å². The molecule has 0 unspecified atom stereocenters. The standard InChI is InChI=1S/C21H23ClN2O6/c1-4-28-21(27)15-5-7-16(8-6-15)29-11-18(25)23-24-19(26)12-30-17-9-13(2)20(22)14(3)10-17/h5-10H,4,11-12H2,1-3H3,(H,23,25)(H,24,26). The molecule has 0 fully saturated rings. The van der Waals surface area contributed by atoms with Gasteiger partial charge in [0.05, 0.1) is 12.2 Å². The van der Waals surface area contributed by atoms with Crippen LogP contribution in [0, 0.1) is 13.8 Å². The number of halogens is 1. The number of amides is 2. The van der Waals surface area contributed by atoms with Crippen LogP contribution in [-0.2, 0) is 14.3 Å². The molecule has 2 aromatic rings. The highest BCUT2D eigenvalue weighted by molar-refractivity contribution is 6.32. The van der Waals surface area contributed by atoms with Gasteiger partial charge in [-0.2, -0.15) is 0 Å². The lowest BCUT2D eigenvalue weighted by molar-refractivity contribution is -0.131. The fourth-order valence-electron chi connectivity index (χ4n) is 2.40. The summed E-state index contributed by atoms with van der Waals surface area (Å²) in [6, 6.07) is 9.60. The number of nitrogens with one attached hydrogen (secondary N) is 2. The molecule has 0 radical (unpaired) electrons. The van der Waals surface area contributed by atoms with Crippen LogP contribution in [0.25, 0.3) is 0 Å². The SMILES string of the molecule is CCOC(=O)c1ccc(OCC(=O)NNC(=O)COc2cc(C)c(Cl)c(C)c2)cc1. The molecular formula is C21H23ClN2O6. The van der Waals surface area contributed by atoms with Crippen molar-refractivity contribution < 1.29 is 28.6 Å². The van der Waals surface area contributed by atoms with E-state index in [1.807, 2.05) is 13.8 Å². The van der Waals surface area contributed by atoms with E-state index in [1.54, 1.807) is 31.2 Å². The molecule has 160 valence electrons. The third kappa shape index (κ3) is 6.97. The maximum atomic E-state index is 11.8. The first-order chi connectivity index (χ1) is 14.3. The Hall–Kier alpha value is -3.26. The van der Waals surface area contributed by atoms with Crippen molar-refractivity contribution in [3.05, 3.63) is 58.1 Å². The zero-order valence-electron chi connectivity index (χ0n) is 16.9. The normalized spacial score (nSPS) is 10.1. The highest BCUT2D eigenvalue weighted by Gasteiger charge is 2.10. The Morgan fingerprint density at radius 2 is 1.37 bits per heavy atom. The number of hydrogen-bond donors (Lipinski definition) is 2. The number of hydrogen-bond acceptors (Lipinski definition) is 6. The van der Waals surface area contributed by atoms with E-state index in [4.69, 9.17) is 25.8 Å². The van der Waals surface area contributed by atoms with Gasteiger partial charge < -0.3 is 14.2 Å². The highest BCUT2D eigenvalue weighted by Crippen LogP contribution is 2.25. The molecule has 2 aromatic carbocycles. The van der Waals surface area contributed by atoms with Crippen molar-refractivity contribution >= 4 is 29.4 Å². The van der Waals surface area contributed by atoms with Crippen molar-refractivity contribution in [2.45, 2.75) is 20.8 Å². The number of esters is 1. The van der Waals surface area contributed by atoms with E-state index < -0.39 is 17.8 Å². The second kappa shape index (κ2) is 11.1. The number of benzene rings is 2.